The molecule has 0 saturated carbocycles. The van der Waals surface area contributed by atoms with Crippen LogP contribution in [0.1, 0.15) is 27.6 Å². The van der Waals surface area contributed by atoms with E-state index in [4.69, 9.17) is 4.74 Å². The third-order valence-electron chi connectivity index (χ3n) is 3.09. The van der Waals surface area contributed by atoms with Crippen LogP contribution in [0.2, 0.25) is 0 Å². The van der Waals surface area contributed by atoms with Gasteiger partial charge in [0, 0.05) is 18.4 Å². The van der Waals surface area contributed by atoms with Gasteiger partial charge in [0.2, 0.25) is 0 Å². The Kier molecular flexibility index (Phi) is 5.14. The molecule has 114 valence electrons. The smallest absolute Gasteiger partial charge is 0.338 e. The van der Waals surface area contributed by atoms with Crippen molar-refractivity contribution >= 4 is 23.3 Å². The zero-order valence-corrected chi connectivity index (χ0v) is 12.6. The average Bonchev–Trinajstić information content (AvgIpc) is 2.55. The van der Waals surface area contributed by atoms with E-state index in [-0.39, 0.29) is 11.9 Å². The summed E-state index contributed by atoms with van der Waals surface area (Å²) in [5, 5.41) is 5.78. The number of rotatable bonds is 5. The maximum Gasteiger partial charge on any atom is 0.338 e. The summed E-state index contributed by atoms with van der Waals surface area (Å²) in [6.07, 6.45) is 0. The summed E-state index contributed by atoms with van der Waals surface area (Å²) in [7, 11) is 1.76. The maximum atomic E-state index is 12.3. The van der Waals surface area contributed by atoms with Crippen LogP contribution >= 0.6 is 0 Å². The molecular formula is C17H18N2O3. The molecule has 5 nitrogen and oxygen atoms in total. The van der Waals surface area contributed by atoms with Crippen LogP contribution in [0.4, 0.5) is 11.4 Å². The lowest BCUT2D eigenvalue weighted by Gasteiger charge is -2.10. The normalized spacial score (nSPS) is 9.91. The molecule has 0 saturated heterocycles. The first kappa shape index (κ1) is 15.6. The lowest BCUT2D eigenvalue weighted by Crippen LogP contribution is -2.14. The van der Waals surface area contributed by atoms with E-state index < -0.39 is 0 Å². The van der Waals surface area contributed by atoms with Crippen LogP contribution < -0.4 is 10.6 Å². The molecule has 0 aliphatic rings. The molecule has 1 amide bonds. The number of carbonyl (C=O) groups is 2. The van der Waals surface area contributed by atoms with Gasteiger partial charge in [-0.05, 0) is 43.3 Å². The van der Waals surface area contributed by atoms with E-state index in [0.717, 1.165) is 5.69 Å². The van der Waals surface area contributed by atoms with Crippen LogP contribution in [-0.4, -0.2) is 25.5 Å². The highest BCUT2D eigenvalue weighted by Crippen LogP contribution is 2.17. The number of hydrogen-bond acceptors (Lipinski definition) is 4. The molecule has 22 heavy (non-hydrogen) atoms. The van der Waals surface area contributed by atoms with Gasteiger partial charge < -0.3 is 15.4 Å². The molecule has 0 aliphatic heterocycles. The van der Waals surface area contributed by atoms with Gasteiger partial charge in [-0.15, -0.1) is 0 Å². The number of esters is 1. The number of amides is 1. The molecule has 0 bridgehead atoms. The van der Waals surface area contributed by atoms with Crippen molar-refractivity contribution in [3.63, 3.8) is 0 Å². The molecular weight excluding hydrogens is 280 g/mol. The number of ether oxygens (including phenoxy) is 1. The van der Waals surface area contributed by atoms with Crippen molar-refractivity contribution < 1.29 is 14.3 Å². The van der Waals surface area contributed by atoms with Gasteiger partial charge >= 0.3 is 5.97 Å². The molecule has 0 spiro atoms. The Morgan fingerprint density at radius 2 is 1.73 bits per heavy atom. The minimum atomic E-state index is -0.374. The fraction of sp³-hybridized carbons (Fsp3) is 0.176. The Morgan fingerprint density at radius 1 is 1.05 bits per heavy atom. The summed E-state index contributed by atoms with van der Waals surface area (Å²) in [4.78, 5) is 23.8. The van der Waals surface area contributed by atoms with Gasteiger partial charge in [0.15, 0.2) is 0 Å². The monoisotopic (exact) mass is 298 g/mol. The van der Waals surface area contributed by atoms with Gasteiger partial charge in [0.05, 0.1) is 17.7 Å². The second-order valence-electron chi connectivity index (χ2n) is 4.55. The van der Waals surface area contributed by atoms with Crippen LogP contribution in [0.15, 0.2) is 48.5 Å². The Labute approximate surface area is 129 Å². The summed E-state index contributed by atoms with van der Waals surface area (Å²) >= 11 is 0. The summed E-state index contributed by atoms with van der Waals surface area (Å²) < 4.78 is 4.91. The van der Waals surface area contributed by atoms with Crippen molar-refractivity contribution in [1.29, 1.82) is 0 Å². The van der Waals surface area contributed by atoms with Gasteiger partial charge in [-0.25, -0.2) is 4.79 Å². The van der Waals surface area contributed by atoms with Gasteiger partial charge in [0.25, 0.3) is 5.91 Å². The molecule has 0 aromatic heterocycles. The molecule has 2 aromatic carbocycles. The van der Waals surface area contributed by atoms with E-state index in [2.05, 4.69) is 10.6 Å². The van der Waals surface area contributed by atoms with Gasteiger partial charge in [-0.1, -0.05) is 12.1 Å². The zero-order chi connectivity index (χ0) is 15.9. The van der Waals surface area contributed by atoms with Crippen LogP contribution in [0.25, 0.3) is 0 Å². The first-order chi connectivity index (χ1) is 10.7. The van der Waals surface area contributed by atoms with Crippen molar-refractivity contribution in [2.24, 2.45) is 0 Å². The number of nitrogens with one attached hydrogen (secondary N) is 2. The fourth-order valence-corrected chi connectivity index (χ4v) is 2.00. The van der Waals surface area contributed by atoms with Crippen LogP contribution in [0.3, 0.4) is 0 Å². The molecule has 0 heterocycles. The van der Waals surface area contributed by atoms with Crippen LogP contribution in [-0.2, 0) is 4.74 Å². The molecule has 2 aromatic rings. The summed E-state index contributed by atoms with van der Waals surface area (Å²) in [6.45, 7) is 2.09. The van der Waals surface area contributed by atoms with Crippen LogP contribution in [0.5, 0.6) is 0 Å². The standard InChI is InChI=1S/C17H18N2O3/c1-3-22-17(21)12-8-10-13(11-9-12)19-16(20)14-6-4-5-7-15(14)18-2/h4-11,18H,3H2,1-2H3,(H,19,20). The highest BCUT2D eigenvalue weighted by Gasteiger charge is 2.11. The minimum absolute atomic E-state index is 0.214. The molecule has 2 rings (SSSR count). The van der Waals surface area contributed by atoms with Crippen molar-refractivity contribution in [3.8, 4) is 0 Å². The second kappa shape index (κ2) is 7.26. The molecule has 0 atom stereocenters. The molecule has 0 fully saturated rings. The predicted molar refractivity (Wildman–Crippen MR) is 86.3 cm³/mol. The molecule has 0 aliphatic carbocycles. The zero-order valence-electron chi connectivity index (χ0n) is 12.6. The fourth-order valence-electron chi connectivity index (χ4n) is 2.00. The largest absolute Gasteiger partial charge is 0.462 e. The van der Waals surface area contributed by atoms with E-state index in [9.17, 15) is 9.59 Å². The van der Waals surface area contributed by atoms with Gasteiger partial charge in [0.1, 0.15) is 0 Å². The Morgan fingerprint density at radius 3 is 2.36 bits per heavy atom. The molecule has 0 radical (unpaired) electrons. The number of carbonyl (C=O) groups excluding carboxylic acids is 2. The highest BCUT2D eigenvalue weighted by molar-refractivity contribution is 6.08. The number of anilines is 2. The van der Waals surface area contributed by atoms with Gasteiger partial charge in [-0.2, -0.15) is 0 Å². The Hall–Kier alpha value is -2.82. The molecule has 5 heteroatoms. The van der Waals surface area contributed by atoms with Crippen molar-refractivity contribution in [1.82, 2.24) is 0 Å². The molecule has 2 N–H and O–H groups in total. The third-order valence-corrected chi connectivity index (χ3v) is 3.09. The number of para-hydroxylation sites is 1. The van der Waals surface area contributed by atoms with E-state index in [1.165, 1.54) is 0 Å². The average molecular weight is 298 g/mol. The quantitative estimate of drug-likeness (QED) is 0.832. The van der Waals surface area contributed by atoms with Crippen molar-refractivity contribution in [2.45, 2.75) is 6.92 Å². The van der Waals surface area contributed by atoms with E-state index in [1.807, 2.05) is 12.1 Å². The predicted octanol–water partition coefficient (Wildman–Crippen LogP) is 3.16. The lowest BCUT2D eigenvalue weighted by molar-refractivity contribution is 0.0526. The number of hydrogen-bond donors (Lipinski definition) is 2. The SMILES string of the molecule is CCOC(=O)c1ccc(NC(=O)c2ccccc2NC)cc1. The van der Waals surface area contributed by atoms with E-state index >= 15 is 0 Å². The summed E-state index contributed by atoms with van der Waals surface area (Å²) in [6, 6.07) is 13.8. The number of benzene rings is 2. The minimum Gasteiger partial charge on any atom is -0.462 e. The van der Waals surface area contributed by atoms with Gasteiger partial charge in [-0.3, -0.25) is 4.79 Å². The Balaban J connectivity index is 2.10. The maximum absolute atomic E-state index is 12.3. The Bertz CT molecular complexity index is 666. The second-order valence-corrected chi connectivity index (χ2v) is 4.55. The highest BCUT2D eigenvalue weighted by atomic mass is 16.5. The van der Waals surface area contributed by atoms with E-state index in [1.54, 1.807) is 50.4 Å². The topological polar surface area (TPSA) is 67.4 Å². The van der Waals surface area contributed by atoms with Crippen LogP contribution in [0, 0.1) is 0 Å². The van der Waals surface area contributed by atoms with Crippen molar-refractivity contribution in [2.75, 3.05) is 24.3 Å². The first-order valence-corrected chi connectivity index (χ1v) is 7.01. The molecule has 0 unspecified atom stereocenters. The first-order valence-electron chi connectivity index (χ1n) is 7.01. The lowest BCUT2D eigenvalue weighted by atomic mass is 10.1. The summed E-state index contributed by atoms with van der Waals surface area (Å²) in [5.74, 6) is -0.588. The summed E-state index contributed by atoms with van der Waals surface area (Å²) in [5.41, 5.74) is 2.38. The third kappa shape index (κ3) is 3.63. The van der Waals surface area contributed by atoms with E-state index in [0.29, 0.717) is 23.4 Å². The van der Waals surface area contributed by atoms with Crippen molar-refractivity contribution in [3.05, 3.63) is 59.7 Å².